The van der Waals surface area contributed by atoms with Crippen LogP contribution in [0.3, 0.4) is 0 Å². The number of unbranched alkanes of at least 4 members (excludes halogenated alkanes) is 18. The molecule has 0 saturated carbocycles. The van der Waals surface area contributed by atoms with Gasteiger partial charge in [-0.2, -0.15) is 0 Å². The number of esters is 3. The van der Waals surface area contributed by atoms with Crippen LogP contribution in [-0.2, 0) is 28.6 Å². The Labute approximate surface area is 443 Å². The molecule has 0 radical (unpaired) electrons. The van der Waals surface area contributed by atoms with Crippen molar-refractivity contribution in [3.8, 4) is 0 Å². The number of allylic oxidation sites excluding steroid dienone is 22. The predicted molar refractivity (Wildman–Crippen MR) is 311 cm³/mol. The number of rotatable bonds is 51. The lowest BCUT2D eigenvalue weighted by Crippen LogP contribution is -2.30. The summed E-state index contributed by atoms with van der Waals surface area (Å²) in [5.41, 5.74) is 0. The van der Waals surface area contributed by atoms with Crippen LogP contribution >= 0.6 is 0 Å². The zero-order valence-electron chi connectivity index (χ0n) is 46.4. The molecule has 6 nitrogen and oxygen atoms in total. The van der Waals surface area contributed by atoms with Crippen molar-refractivity contribution in [2.24, 2.45) is 0 Å². The Balaban J connectivity index is 4.40. The smallest absolute Gasteiger partial charge is 0.306 e. The summed E-state index contributed by atoms with van der Waals surface area (Å²) in [6.07, 6.45) is 83.0. The first-order chi connectivity index (χ1) is 35.5. The maximum absolute atomic E-state index is 12.8. The Morgan fingerprint density at radius 2 is 0.542 bits per heavy atom. The van der Waals surface area contributed by atoms with Crippen LogP contribution in [0.25, 0.3) is 0 Å². The fraction of sp³-hybridized carbons (Fsp3) is 0.621. The topological polar surface area (TPSA) is 78.9 Å². The second-order valence-electron chi connectivity index (χ2n) is 18.8. The van der Waals surface area contributed by atoms with Crippen LogP contribution in [0.5, 0.6) is 0 Å². The Morgan fingerprint density at radius 3 is 0.875 bits per heavy atom. The molecular weight excluding hydrogens is 889 g/mol. The van der Waals surface area contributed by atoms with Crippen molar-refractivity contribution >= 4 is 17.9 Å². The Kier molecular flexibility index (Phi) is 55.5. The molecule has 0 aliphatic carbocycles. The fourth-order valence-electron chi connectivity index (χ4n) is 7.55. The van der Waals surface area contributed by atoms with E-state index in [0.29, 0.717) is 19.3 Å². The van der Waals surface area contributed by atoms with Gasteiger partial charge in [-0.1, -0.05) is 225 Å². The monoisotopic (exact) mass is 995 g/mol. The van der Waals surface area contributed by atoms with Crippen molar-refractivity contribution < 1.29 is 28.6 Å². The lowest BCUT2D eigenvalue weighted by atomic mass is 10.1. The van der Waals surface area contributed by atoms with Crippen LogP contribution in [0.2, 0.25) is 0 Å². The average Bonchev–Trinajstić information content (AvgIpc) is 3.38. The highest BCUT2D eigenvalue weighted by molar-refractivity contribution is 5.71. The van der Waals surface area contributed by atoms with Crippen molar-refractivity contribution in [2.75, 3.05) is 13.2 Å². The van der Waals surface area contributed by atoms with Crippen molar-refractivity contribution in [3.63, 3.8) is 0 Å². The summed E-state index contributed by atoms with van der Waals surface area (Å²) < 4.78 is 16.8. The van der Waals surface area contributed by atoms with Gasteiger partial charge in [-0.25, -0.2) is 0 Å². The molecule has 0 aliphatic heterocycles. The van der Waals surface area contributed by atoms with Crippen LogP contribution in [0.1, 0.15) is 245 Å². The third-order valence-electron chi connectivity index (χ3n) is 11.9. The van der Waals surface area contributed by atoms with E-state index < -0.39 is 6.10 Å². The summed E-state index contributed by atoms with van der Waals surface area (Å²) in [6.45, 7) is 6.34. The zero-order valence-corrected chi connectivity index (χ0v) is 46.4. The van der Waals surface area contributed by atoms with Gasteiger partial charge in [0.2, 0.25) is 0 Å². The predicted octanol–water partition coefficient (Wildman–Crippen LogP) is 19.8. The molecule has 0 aromatic carbocycles. The highest BCUT2D eigenvalue weighted by Crippen LogP contribution is 2.13. The molecule has 0 amide bonds. The van der Waals surface area contributed by atoms with Crippen LogP contribution < -0.4 is 0 Å². The molecule has 72 heavy (non-hydrogen) atoms. The largest absolute Gasteiger partial charge is 0.462 e. The lowest BCUT2D eigenvalue weighted by molar-refractivity contribution is -0.167. The number of carbonyl (C=O) groups is 3. The molecule has 0 aromatic heterocycles. The Morgan fingerprint density at radius 1 is 0.292 bits per heavy atom. The van der Waals surface area contributed by atoms with E-state index in [1.165, 1.54) is 44.9 Å². The van der Waals surface area contributed by atoms with Crippen molar-refractivity contribution in [1.82, 2.24) is 0 Å². The molecule has 0 heterocycles. The van der Waals surface area contributed by atoms with Crippen LogP contribution in [0.4, 0.5) is 0 Å². The molecule has 406 valence electrons. The van der Waals surface area contributed by atoms with Gasteiger partial charge in [0.05, 0.1) is 0 Å². The highest BCUT2D eigenvalue weighted by Gasteiger charge is 2.19. The van der Waals surface area contributed by atoms with Gasteiger partial charge >= 0.3 is 17.9 Å². The van der Waals surface area contributed by atoms with Gasteiger partial charge in [-0.15, -0.1) is 0 Å². The minimum absolute atomic E-state index is 0.105. The number of carbonyl (C=O) groups excluding carboxylic acids is 3. The van der Waals surface area contributed by atoms with Gasteiger partial charge in [-0.05, 0) is 135 Å². The molecule has 0 spiro atoms. The van der Waals surface area contributed by atoms with Gasteiger partial charge in [0.25, 0.3) is 0 Å². The summed E-state index contributed by atoms with van der Waals surface area (Å²) >= 11 is 0. The van der Waals surface area contributed by atoms with Gasteiger partial charge < -0.3 is 14.2 Å². The first-order valence-electron chi connectivity index (χ1n) is 29.2. The zero-order chi connectivity index (χ0) is 52.2. The first kappa shape index (κ1) is 67.5. The molecule has 0 bridgehead atoms. The molecular formula is C66H106O6. The van der Waals surface area contributed by atoms with Crippen LogP contribution in [-0.4, -0.2) is 37.2 Å². The van der Waals surface area contributed by atoms with E-state index in [0.717, 1.165) is 161 Å². The number of hydrogen-bond acceptors (Lipinski definition) is 6. The molecule has 1 unspecified atom stereocenters. The maximum Gasteiger partial charge on any atom is 0.306 e. The molecule has 0 saturated heterocycles. The Hall–Kier alpha value is -4.45. The van der Waals surface area contributed by atoms with Crippen LogP contribution in [0.15, 0.2) is 134 Å². The summed E-state index contributed by atoms with van der Waals surface area (Å²) in [5, 5.41) is 0. The van der Waals surface area contributed by atoms with Crippen molar-refractivity contribution in [1.29, 1.82) is 0 Å². The molecule has 6 heteroatoms. The average molecular weight is 996 g/mol. The quantitative estimate of drug-likeness (QED) is 0.0261. The highest BCUT2D eigenvalue weighted by atomic mass is 16.6. The van der Waals surface area contributed by atoms with E-state index in [9.17, 15) is 14.4 Å². The van der Waals surface area contributed by atoms with E-state index in [1.807, 2.05) is 0 Å². The maximum atomic E-state index is 12.8. The van der Waals surface area contributed by atoms with Crippen molar-refractivity contribution in [2.45, 2.75) is 252 Å². The fourth-order valence-corrected chi connectivity index (χ4v) is 7.55. The van der Waals surface area contributed by atoms with E-state index in [-0.39, 0.29) is 31.1 Å². The van der Waals surface area contributed by atoms with Gasteiger partial charge in [0, 0.05) is 19.3 Å². The van der Waals surface area contributed by atoms with Gasteiger partial charge in [-0.3, -0.25) is 14.4 Å². The number of hydrogen-bond donors (Lipinski definition) is 0. The third-order valence-corrected chi connectivity index (χ3v) is 11.9. The normalized spacial score (nSPS) is 13.1. The molecule has 0 aromatic rings. The second-order valence-corrected chi connectivity index (χ2v) is 18.8. The minimum Gasteiger partial charge on any atom is -0.462 e. The van der Waals surface area contributed by atoms with Gasteiger partial charge in [0.15, 0.2) is 6.10 Å². The minimum atomic E-state index is -0.807. The molecule has 0 aliphatic rings. The molecule has 0 N–H and O–H groups in total. The molecule has 0 rings (SSSR count). The van der Waals surface area contributed by atoms with Crippen LogP contribution in [0, 0.1) is 0 Å². The summed E-state index contributed by atoms with van der Waals surface area (Å²) in [5.74, 6) is -0.965. The van der Waals surface area contributed by atoms with Crippen molar-refractivity contribution in [3.05, 3.63) is 134 Å². The summed E-state index contributed by atoms with van der Waals surface area (Å²) in [6, 6.07) is 0. The van der Waals surface area contributed by atoms with E-state index in [4.69, 9.17) is 14.2 Å². The summed E-state index contributed by atoms with van der Waals surface area (Å²) in [7, 11) is 0. The first-order valence-corrected chi connectivity index (χ1v) is 29.2. The lowest BCUT2D eigenvalue weighted by Gasteiger charge is -2.18. The van der Waals surface area contributed by atoms with Gasteiger partial charge in [0.1, 0.15) is 13.2 Å². The van der Waals surface area contributed by atoms with E-state index in [1.54, 1.807) is 0 Å². The number of ether oxygens (including phenoxy) is 3. The summed E-state index contributed by atoms with van der Waals surface area (Å²) in [4.78, 5) is 38.1. The standard InChI is InChI=1S/C66H106O6/c1-4-7-10-13-16-19-22-25-27-28-29-30-31-32-33-34-35-36-37-38-39-42-44-47-50-53-56-59-65(68)71-62-63(61-70-64(67)58-55-52-49-46-43-40-24-21-18-15-12-9-6-3)72-66(69)60-57-54-51-48-45-41-26-23-20-17-14-11-8-5-2/h7,9-10,12,16,18-19,21,23,25-27,29-30,32-33,35-36,38-40,43,63H,4-6,8,11,13-15,17,20,22,24,28,31,34,37,41-42,44-62H2,1-3H3/b10-7-,12-9-,19-16-,21-18-,26-23-,27-25-,30-29-,33-32-,36-35-,39-38-,43-40-. The Bertz CT molecular complexity index is 1560. The molecule has 0 fully saturated rings. The molecule has 1 atom stereocenters. The SMILES string of the molecule is CC/C=C\C/C=C\C/C=C\C/C=C\C/C=C\C/C=C\C/C=C\CCCCCCCC(=O)OCC(COC(=O)CCCCC/C=C\C/C=C\C/C=C\CC)OC(=O)CCCCCCC/C=C\CCCCCCC. The van der Waals surface area contributed by atoms with E-state index >= 15 is 0 Å². The second kappa shape index (κ2) is 59.1. The van der Waals surface area contributed by atoms with E-state index in [2.05, 4.69) is 154 Å². The third kappa shape index (κ3) is 56.5.